The maximum Gasteiger partial charge on any atom is 0.343 e. The number of ether oxygens (including phenoxy) is 1. The van der Waals surface area contributed by atoms with Crippen molar-refractivity contribution < 1.29 is 9.53 Å². The molecule has 5 heteroatoms. The van der Waals surface area contributed by atoms with Crippen LogP contribution in [0.1, 0.15) is 41.4 Å². The van der Waals surface area contributed by atoms with Gasteiger partial charge in [0, 0.05) is 6.54 Å². The van der Waals surface area contributed by atoms with Crippen molar-refractivity contribution in [1.29, 1.82) is 0 Å². The molecule has 0 amide bonds. The summed E-state index contributed by atoms with van der Waals surface area (Å²) in [4.78, 5) is 11.7. The van der Waals surface area contributed by atoms with Crippen LogP contribution in [-0.2, 0) is 4.74 Å². The van der Waals surface area contributed by atoms with Gasteiger partial charge in [-0.15, -0.1) is 0 Å². The van der Waals surface area contributed by atoms with Crippen LogP contribution in [0.15, 0.2) is 0 Å². The zero-order chi connectivity index (χ0) is 12.0. The summed E-state index contributed by atoms with van der Waals surface area (Å²) in [6.45, 7) is 2.78. The Labute approximate surface area is 100 Å². The van der Waals surface area contributed by atoms with Gasteiger partial charge in [-0.1, -0.05) is 0 Å². The first kappa shape index (κ1) is 10.6. The summed E-state index contributed by atoms with van der Waals surface area (Å²) in [7, 11) is 1.41. The molecule has 1 aromatic heterocycles. The predicted octanol–water partition coefficient (Wildman–Crippen LogP) is 1.74. The van der Waals surface area contributed by atoms with E-state index in [1.54, 1.807) is 0 Å². The van der Waals surface area contributed by atoms with Gasteiger partial charge in [0.2, 0.25) is 0 Å². The van der Waals surface area contributed by atoms with Gasteiger partial charge in [0.25, 0.3) is 0 Å². The molecular weight excluding hydrogens is 218 g/mol. The third-order valence-corrected chi connectivity index (χ3v) is 3.69. The fourth-order valence-corrected chi connectivity index (χ4v) is 2.68. The lowest BCUT2D eigenvalue weighted by Crippen LogP contribution is -2.25. The van der Waals surface area contributed by atoms with Crippen LogP contribution in [0.25, 0.3) is 0 Å². The van der Waals surface area contributed by atoms with Crippen LogP contribution in [0, 0.1) is 12.8 Å². The Bertz CT molecular complexity index is 463. The molecule has 0 spiro atoms. The number of nitrogens with zero attached hydrogens (tertiary/aromatic N) is 2. The standard InChI is InChI=1S/C12H17N3O2/c1-7-10(12(16)17-2)11-13-6-5-9(8-3-4-8)15(11)14-7/h8-9,13H,3-6H2,1-2H3. The van der Waals surface area contributed by atoms with Crippen LogP contribution in [0.4, 0.5) is 5.82 Å². The molecule has 2 heterocycles. The normalized spacial score (nSPS) is 22.8. The fourth-order valence-electron chi connectivity index (χ4n) is 2.68. The first-order chi connectivity index (χ1) is 8.22. The van der Waals surface area contributed by atoms with Crippen LogP contribution in [0.3, 0.4) is 0 Å². The smallest absolute Gasteiger partial charge is 0.343 e. The van der Waals surface area contributed by atoms with Crippen molar-refractivity contribution >= 4 is 11.8 Å². The maximum absolute atomic E-state index is 11.7. The van der Waals surface area contributed by atoms with E-state index in [-0.39, 0.29) is 5.97 Å². The molecule has 92 valence electrons. The van der Waals surface area contributed by atoms with E-state index in [0.29, 0.717) is 11.6 Å². The number of hydrogen-bond acceptors (Lipinski definition) is 4. The van der Waals surface area contributed by atoms with Crippen LogP contribution < -0.4 is 5.32 Å². The molecule has 1 aliphatic heterocycles. The second-order valence-corrected chi connectivity index (χ2v) is 4.87. The van der Waals surface area contributed by atoms with Gasteiger partial charge >= 0.3 is 5.97 Å². The van der Waals surface area contributed by atoms with E-state index in [2.05, 4.69) is 10.4 Å². The van der Waals surface area contributed by atoms with Crippen molar-refractivity contribution in [3.05, 3.63) is 11.3 Å². The molecule has 2 aliphatic rings. The Morgan fingerprint density at radius 1 is 1.47 bits per heavy atom. The molecule has 0 bridgehead atoms. The van der Waals surface area contributed by atoms with Crippen molar-refractivity contribution in [2.45, 2.75) is 32.2 Å². The SMILES string of the molecule is COC(=O)c1c(C)nn2c1NCCC2C1CC1. The number of anilines is 1. The molecule has 0 aromatic carbocycles. The fraction of sp³-hybridized carbons (Fsp3) is 0.667. The van der Waals surface area contributed by atoms with Crippen LogP contribution in [-0.4, -0.2) is 29.4 Å². The minimum Gasteiger partial charge on any atom is -0.465 e. The lowest BCUT2D eigenvalue weighted by atomic mass is 10.1. The zero-order valence-electron chi connectivity index (χ0n) is 10.2. The summed E-state index contributed by atoms with van der Waals surface area (Å²) in [6.07, 6.45) is 3.67. The number of carbonyl (C=O) groups excluding carboxylic acids is 1. The molecule has 1 unspecified atom stereocenters. The number of fused-ring (bicyclic) bond motifs is 1. The van der Waals surface area contributed by atoms with Crippen molar-refractivity contribution in [3.8, 4) is 0 Å². The Morgan fingerprint density at radius 3 is 2.88 bits per heavy atom. The summed E-state index contributed by atoms with van der Waals surface area (Å²) >= 11 is 0. The predicted molar refractivity (Wildman–Crippen MR) is 63.2 cm³/mol. The summed E-state index contributed by atoms with van der Waals surface area (Å²) in [5.74, 6) is 1.30. The average Bonchev–Trinajstić information content (AvgIpc) is 3.10. The average molecular weight is 235 g/mol. The molecule has 0 radical (unpaired) electrons. The highest BCUT2D eigenvalue weighted by atomic mass is 16.5. The summed E-state index contributed by atoms with van der Waals surface area (Å²) in [5, 5.41) is 7.80. The molecule has 1 saturated carbocycles. The quantitative estimate of drug-likeness (QED) is 0.793. The number of rotatable bonds is 2. The van der Waals surface area contributed by atoms with Crippen LogP contribution in [0.5, 0.6) is 0 Å². The first-order valence-electron chi connectivity index (χ1n) is 6.13. The Morgan fingerprint density at radius 2 is 2.24 bits per heavy atom. The first-order valence-corrected chi connectivity index (χ1v) is 6.13. The van der Waals surface area contributed by atoms with E-state index < -0.39 is 0 Å². The number of methoxy groups -OCH3 is 1. The van der Waals surface area contributed by atoms with Crippen molar-refractivity contribution in [2.75, 3.05) is 19.0 Å². The maximum atomic E-state index is 11.7. The summed E-state index contributed by atoms with van der Waals surface area (Å²) in [5.41, 5.74) is 1.35. The summed E-state index contributed by atoms with van der Waals surface area (Å²) in [6, 6.07) is 0.461. The molecule has 1 fully saturated rings. The molecule has 5 nitrogen and oxygen atoms in total. The Hall–Kier alpha value is -1.52. The lowest BCUT2D eigenvalue weighted by Gasteiger charge is -2.25. The van der Waals surface area contributed by atoms with E-state index in [1.165, 1.54) is 20.0 Å². The van der Waals surface area contributed by atoms with Gasteiger partial charge in [0.15, 0.2) is 0 Å². The van der Waals surface area contributed by atoms with Gasteiger partial charge in [-0.25, -0.2) is 9.48 Å². The molecular formula is C12H17N3O2. The second kappa shape index (κ2) is 3.75. The molecule has 0 saturated heterocycles. The van der Waals surface area contributed by atoms with Gasteiger partial charge in [0.05, 0.1) is 18.8 Å². The highest BCUT2D eigenvalue weighted by Crippen LogP contribution is 2.44. The van der Waals surface area contributed by atoms with Crippen LogP contribution in [0.2, 0.25) is 0 Å². The van der Waals surface area contributed by atoms with Crippen molar-refractivity contribution in [2.24, 2.45) is 5.92 Å². The van der Waals surface area contributed by atoms with Gasteiger partial charge in [0.1, 0.15) is 11.4 Å². The molecule has 1 aromatic rings. The lowest BCUT2D eigenvalue weighted by molar-refractivity contribution is 0.0601. The molecule has 1 aliphatic carbocycles. The third kappa shape index (κ3) is 1.61. The van der Waals surface area contributed by atoms with E-state index in [4.69, 9.17) is 4.74 Å². The summed E-state index contributed by atoms with van der Waals surface area (Å²) < 4.78 is 6.82. The van der Waals surface area contributed by atoms with E-state index in [9.17, 15) is 4.79 Å². The van der Waals surface area contributed by atoms with Gasteiger partial charge in [-0.05, 0) is 32.1 Å². The molecule has 1 N–H and O–H groups in total. The Kier molecular flexibility index (Phi) is 2.34. The van der Waals surface area contributed by atoms with Gasteiger partial charge in [-0.2, -0.15) is 5.10 Å². The third-order valence-electron chi connectivity index (χ3n) is 3.69. The molecule has 1 atom stereocenters. The number of carbonyl (C=O) groups is 1. The van der Waals surface area contributed by atoms with Crippen molar-refractivity contribution in [1.82, 2.24) is 9.78 Å². The minimum absolute atomic E-state index is 0.298. The number of aromatic nitrogens is 2. The second-order valence-electron chi connectivity index (χ2n) is 4.87. The van der Waals surface area contributed by atoms with E-state index in [1.807, 2.05) is 11.6 Å². The van der Waals surface area contributed by atoms with E-state index >= 15 is 0 Å². The monoisotopic (exact) mass is 235 g/mol. The van der Waals surface area contributed by atoms with Gasteiger partial charge < -0.3 is 10.1 Å². The highest BCUT2D eigenvalue weighted by molar-refractivity contribution is 5.96. The molecule has 17 heavy (non-hydrogen) atoms. The number of hydrogen-bond donors (Lipinski definition) is 1. The number of esters is 1. The topological polar surface area (TPSA) is 56.1 Å². The number of aryl methyl sites for hydroxylation is 1. The highest BCUT2D eigenvalue weighted by Gasteiger charge is 2.37. The van der Waals surface area contributed by atoms with Crippen LogP contribution >= 0.6 is 0 Å². The largest absolute Gasteiger partial charge is 0.465 e. The number of nitrogens with one attached hydrogen (secondary N) is 1. The van der Waals surface area contributed by atoms with Gasteiger partial charge in [-0.3, -0.25) is 0 Å². The van der Waals surface area contributed by atoms with Crippen molar-refractivity contribution in [3.63, 3.8) is 0 Å². The zero-order valence-corrected chi connectivity index (χ0v) is 10.2. The Balaban J connectivity index is 2.04. The molecule has 3 rings (SSSR count). The minimum atomic E-state index is -0.298. The van der Waals surface area contributed by atoms with E-state index in [0.717, 1.165) is 30.4 Å².